The average molecular weight is 501 g/mol. The number of halogens is 3. The number of benzene rings is 1. The van der Waals surface area contributed by atoms with E-state index < -0.39 is 22.7 Å². The van der Waals surface area contributed by atoms with Crippen molar-refractivity contribution in [2.75, 3.05) is 68.4 Å². The SMILES string of the molecule is CS(=O)Nc1ccn(C(=O)N2CCN(Cc3ccc(N4CCOCC4)cc3C(F)(F)F)CC2)n1. The molecule has 2 fully saturated rings. The number of nitrogens with one attached hydrogen (secondary N) is 1. The molecule has 0 radical (unpaired) electrons. The van der Waals surface area contributed by atoms with Crippen LogP contribution in [0.2, 0.25) is 0 Å². The summed E-state index contributed by atoms with van der Waals surface area (Å²) in [5.41, 5.74) is 0.148. The van der Waals surface area contributed by atoms with Crippen LogP contribution < -0.4 is 9.62 Å². The van der Waals surface area contributed by atoms with Gasteiger partial charge in [-0.2, -0.15) is 17.9 Å². The van der Waals surface area contributed by atoms with Crippen LogP contribution in [-0.4, -0.2) is 88.6 Å². The summed E-state index contributed by atoms with van der Waals surface area (Å²) in [7, 11) is -1.30. The predicted molar refractivity (Wildman–Crippen MR) is 122 cm³/mol. The maximum Gasteiger partial charge on any atom is 0.416 e. The van der Waals surface area contributed by atoms with Gasteiger partial charge in [0.05, 0.1) is 18.8 Å². The van der Waals surface area contributed by atoms with Crippen LogP contribution >= 0.6 is 0 Å². The lowest BCUT2D eigenvalue weighted by molar-refractivity contribution is -0.138. The maximum absolute atomic E-state index is 13.8. The van der Waals surface area contributed by atoms with Crippen LogP contribution in [0.15, 0.2) is 30.5 Å². The molecule has 0 aliphatic carbocycles. The van der Waals surface area contributed by atoms with E-state index in [-0.39, 0.29) is 18.1 Å². The van der Waals surface area contributed by atoms with Crippen molar-refractivity contribution in [3.05, 3.63) is 41.6 Å². The first-order valence-electron chi connectivity index (χ1n) is 10.9. The molecular weight excluding hydrogens is 473 g/mol. The highest BCUT2D eigenvalue weighted by Gasteiger charge is 2.35. The summed E-state index contributed by atoms with van der Waals surface area (Å²) in [6, 6.07) is 5.74. The minimum Gasteiger partial charge on any atom is -0.378 e. The molecule has 3 heterocycles. The van der Waals surface area contributed by atoms with Crippen molar-refractivity contribution in [2.24, 2.45) is 0 Å². The van der Waals surface area contributed by atoms with E-state index in [9.17, 15) is 22.2 Å². The Hall–Kier alpha value is -2.64. The van der Waals surface area contributed by atoms with Gasteiger partial charge in [0.1, 0.15) is 11.0 Å². The average Bonchev–Trinajstić information content (AvgIpc) is 3.27. The Balaban J connectivity index is 1.39. The number of aromatic nitrogens is 2. The second kappa shape index (κ2) is 10.3. The van der Waals surface area contributed by atoms with Gasteiger partial charge in [0, 0.05) is 70.0 Å². The van der Waals surface area contributed by atoms with E-state index in [0.29, 0.717) is 64.0 Å². The number of rotatable bonds is 5. The highest BCUT2D eigenvalue weighted by Crippen LogP contribution is 2.35. The monoisotopic (exact) mass is 500 g/mol. The molecule has 1 aromatic carbocycles. The number of hydrogen-bond acceptors (Lipinski definition) is 6. The Morgan fingerprint density at radius 1 is 1.12 bits per heavy atom. The van der Waals surface area contributed by atoms with E-state index in [1.165, 1.54) is 18.5 Å². The molecule has 2 aromatic rings. The minimum atomic E-state index is -4.45. The summed E-state index contributed by atoms with van der Waals surface area (Å²) >= 11 is 0. The fourth-order valence-electron chi connectivity index (χ4n) is 4.10. The van der Waals surface area contributed by atoms with Gasteiger partial charge >= 0.3 is 12.2 Å². The van der Waals surface area contributed by atoms with Gasteiger partial charge in [-0.1, -0.05) is 6.07 Å². The molecule has 0 spiro atoms. The topological polar surface area (TPSA) is 82.9 Å². The van der Waals surface area contributed by atoms with Crippen LogP contribution in [0.4, 0.5) is 29.5 Å². The minimum absolute atomic E-state index is 0.151. The lowest BCUT2D eigenvalue weighted by Crippen LogP contribution is -2.49. The first-order chi connectivity index (χ1) is 16.2. The first-order valence-corrected chi connectivity index (χ1v) is 12.5. The molecule has 2 aliphatic rings. The standard InChI is InChI=1S/C21H27F3N6O3S/c1-34(32)26-19-4-5-30(25-19)20(31)29-8-6-27(7-9-29)15-16-2-3-17(14-18(16)21(22,23)24)28-10-12-33-13-11-28/h2-5,14H,6-13,15H2,1H3,(H,25,26). The third kappa shape index (κ3) is 5.88. The lowest BCUT2D eigenvalue weighted by atomic mass is 10.0. The molecule has 34 heavy (non-hydrogen) atoms. The van der Waals surface area contributed by atoms with Crippen molar-refractivity contribution >= 4 is 28.5 Å². The molecule has 2 aliphatic heterocycles. The number of anilines is 2. The lowest BCUT2D eigenvalue weighted by Gasteiger charge is -2.35. The number of alkyl halides is 3. The summed E-state index contributed by atoms with van der Waals surface area (Å²) in [5.74, 6) is 0.327. The molecule has 13 heteroatoms. The Labute approximate surface area is 198 Å². The summed E-state index contributed by atoms with van der Waals surface area (Å²) in [6.07, 6.45) is -1.51. The molecular formula is C21H27F3N6O3S. The molecule has 1 aromatic heterocycles. The number of ether oxygens (including phenoxy) is 1. The van der Waals surface area contributed by atoms with Crippen molar-refractivity contribution in [1.29, 1.82) is 0 Å². The van der Waals surface area contributed by atoms with Crippen molar-refractivity contribution in [1.82, 2.24) is 19.6 Å². The molecule has 9 nitrogen and oxygen atoms in total. The Bertz CT molecular complexity index is 1030. The van der Waals surface area contributed by atoms with Crippen LogP contribution in [0.1, 0.15) is 11.1 Å². The fraction of sp³-hybridized carbons (Fsp3) is 0.524. The molecule has 186 valence electrons. The van der Waals surface area contributed by atoms with Gasteiger partial charge in [-0.3, -0.25) is 9.62 Å². The first kappa shape index (κ1) is 24.5. The van der Waals surface area contributed by atoms with Crippen molar-refractivity contribution < 1.29 is 26.9 Å². The Morgan fingerprint density at radius 2 is 1.82 bits per heavy atom. The second-order valence-corrected chi connectivity index (χ2v) is 9.30. The van der Waals surface area contributed by atoms with Crippen molar-refractivity contribution in [2.45, 2.75) is 12.7 Å². The molecule has 1 unspecified atom stereocenters. The van der Waals surface area contributed by atoms with Crippen LogP contribution in [0.5, 0.6) is 0 Å². The fourth-order valence-corrected chi connectivity index (χ4v) is 4.50. The Morgan fingerprint density at radius 3 is 2.47 bits per heavy atom. The van der Waals surface area contributed by atoms with Gasteiger partial charge in [0.15, 0.2) is 5.82 Å². The maximum atomic E-state index is 13.8. The van der Waals surface area contributed by atoms with E-state index in [2.05, 4.69) is 9.82 Å². The van der Waals surface area contributed by atoms with Crippen LogP contribution in [0, 0.1) is 0 Å². The van der Waals surface area contributed by atoms with E-state index in [4.69, 9.17) is 4.74 Å². The van der Waals surface area contributed by atoms with Gasteiger partial charge < -0.3 is 14.5 Å². The van der Waals surface area contributed by atoms with E-state index in [1.807, 2.05) is 9.80 Å². The van der Waals surface area contributed by atoms with Crippen LogP contribution in [0.25, 0.3) is 0 Å². The highest BCUT2D eigenvalue weighted by molar-refractivity contribution is 7.85. The van der Waals surface area contributed by atoms with Crippen LogP contribution in [0.3, 0.4) is 0 Å². The largest absolute Gasteiger partial charge is 0.416 e. The zero-order valence-electron chi connectivity index (χ0n) is 18.8. The number of carbonyl (C=O) groups is 1. The third-order valence-electron chi connectivity index (χ3n) is 5.85. The van der Waals surface area contributed by atoms with Crippen molar-refractivity contribution in [3.8, 4) is 0 Å². The summed E-state index contributed by atoms with van der Waals surface area (Å²) in [5, 5.41) is 4.07. The van der Waals surface area contributed by atoms with Crippen molar-refractivity contribution in [3.63, 3.8) is 0 Å². The van der Waals surface area contributed by atoms with E-state index in [0.717, 1.165) is 4.68 Å². The van der Waals surface area contributed by atoms with Gasteiger partial charge in [0.25, 0.3) is 0 Å². The summed E-state index contributed by atoms with van der Waals surface area (Å²) in [6.45, 7) is 3.91. The molecule has 2 saturated heterocycles. The normalized spacial score (nSPS) is 18.7. The summed E-state index contributed by atoms with van der Waals surface area (Å²) < 4.78 is 61.8. The van der Waals surface area contributed by atoms with Crippen LogP contribution in [-0.2, 0) is 28.4 Å². The summed E-state index contributed by atoms with van der Waals surface area (Å²) in [4.78, 5) is 18.1. The molecule has 0 saturated carbocycles. The van der Waals surface area contributed by atoms with E-state index in [1.54, 1.807) is 23.1 Å². The van der Waals surface area contributed by atoms with Gasteiger partial charge in [0.2, 0.25) is 0 Å². The molecule has 4 rings (SSSR count). The third-order valence-corrected chi connectivity index (χ3v) is 6.34. The molecule has 1 atom stereocenters. The van der Waals surface area contributed by atoms with Gasteiger partial charge in [-0.05, 0) is 17.7 Å². The van der Waals surface area contributed by atoms with E-state index >= 15 is 0 Å². The zero-order valence-corrected chi connectivity index (χ0v) is 19.6. The van der Waals surface area contributed by atoms with Gasteiger partial charge in [-0.15, -0.1) is 5.10 Å². The number of carbonyl (C=O) groups excluding carboxylic acids is 1. The number of piperazine rings is 1. The highest BCUT2D eigenvalue weighted by atomic mass is 32.2. The van der Waals surface area contributed by atoms with Gasteiger partial charge in [-0.25, -0.2) is 9.00 Å². The Kier molecular flexibility index (Phi) is 7.43. The zero-order chi connectivity index (χ0) is 24.3. The molecule has 1 N–H and O–H groups in total. The number of morpholine rings is 1. The molecule has 1 amide bonds. The smallest absolute Gasteiger partial charge is 0.378 e. The quantitative estimate of drug-likeness (QED) is 0.678. The number of amides is 1. The predicted octanol–water partition coefficient (Wildman–Crippen LogP) is 2.23. The molecule has 0 bridgehead atoms. The second-order valence-electron chi connectivity index (χ2n) is 8.19. The number of nitrogens with zero attached hydrogens (tertiary/aromatic N) is 5. The number of hydrogen-bond donors (Lipinski definition) is 1.